The number of hydrogen-bond donors (Lipinski definition) is 19. The highest BCUT2D eigenvalue weighted by Crippen LogP contribution is 2.32. The standard InChI is InChI=1S/C65H107N15O19/c1-14-34(6)42-55(91)77-43(35(7)82)54(90)70-30-41(83)75-45(48(85)50(66)86)57(93)73-40(31-81)59(95)98-49(36-22-17-15-18-23-36)46(79-60(96)65(25-19-16-20-26-65)80-53(89)39(29-63(8,9)10)74-62(97)99-64(11,12)13)58(94)78-44(47(84)33(4)5)56(92)72-38(28-32(2)3)52(88)71-37(51(87)76-42)24-21-27-69-61(67)68/h15,17-18,22-23,32-35,37-40,42-49,81-82,84-85H,14,16,19-21,24-31H2,1-13H3,(H2,66,86)(H,70,90)(H,71,88)(H,72,92)(H,73,93)(H,74,97)(H,75,83)(H,76,87)(H,77,91)(H,78,94)(H,79,96)(H,80,89)(H4,67,68,69)/t34-,35-,37+,38-,39+,40-,42?,43?,44-,45-,46-,47+,48-,49+/m0/s1. The second-order valence-electron chi connectivity index (χ2n) is 28.2. The highest BCUT2D eigenvalue weighted by molar-refractivity contribution is 6.01. The molecule has 1 heterocycles. The fourth-order valence-electron chi connectivity index (χ4n) is 10.9. The van der Waals surface area contributed by atoms with Crippen molar-refractivity contribution in [2.75, 3.05) is 19.7 Å². The number of aliphatic hydroxyl groups excluding tert-OH is 4. The number of nitrogens with one attached hydrogen (secondary N) is 13. The van der Waals surface area contributed by atoms with Crippen molar-refractivity contribution in [3.05, 3.63) is 35.9 Å². The molecule has 34 nitrogen and oxygen atoms in total. The molecule has 1 aliphatic carbocycles. The van der Waals surface area contributed by atoms with E-state index in [2.05, 4.69) is 58.5 Å². The van der Waals surface area contributed by atoms with E-state index in [1.807, 2.05) is 26.1 Å². The van der Waals surface area contributed by atoms with E-state index < -0.39 is 209 Å². The number of guanidine groups is 1. The topological polar surface area (TPSA) is 542 Å². The Bertz CT molecular complexity index is 2990. The SMILES string of the molecule is CC[C@H](C)C1NC(=O)[C@@H](CCCNC(=N)N)NC(=O)[C@H](CC(C)C)NC(=O)[C@H]([C@H](O)C(C)C)NC(=O)[C@@H](NC(=O)C2(NC(=O)[C@@H](CC(C)(C)C)NC(=O)OC(C)(C)C)CCCCC2)[C@@H](c2ccccc2)OC(=O)[C@H](CO)NC(=O)[C@H]([C@H](O)C(N)=O)NC(=O)CNC(=O)C([C@H](C)O)NC1=O. The van der Waals surface area contributed by atoms with Crippen molar-refractivity contribution in [3.8, 4) is 0 Å². The smallest absolute Gasteiger partial charge is 0.408 e. The molecule has 0 radical (unpaired) electrons. The normalized spacial score (nSPS) is 24.8. The van der Waals surface area contributed by atoms with Gasteiger partial charge in [-0.15, -0.1) is 0 Å². The number of alkyl carbamates (subject to hydrolysis) is 1. The van der Waals surface area contributed by atoms with Crippen LogP contribution in [0.5, 0.6) is 0 Å². The molecule has 1 aliphatic heterocycles. The van der Waals surface area contributed by atoms with Crippen LogP contribution in [0, 0.1) is 28.6 Å². The Kier molecular flexibility index (Phi) is 32.9. The Hall–Kier alpha value is -8.76. The average molecular weight is 1400 g/mol. The number of carbonyl (C=O) groups is 13. The van der Waals surface area contributed by atoms with Crippen LogP contribution in [0.25, 0.3) is 0 Å². The molecule has 1 aromatic carbocycles. The first kappa shape index (κ1) is 84.5. The van der Waals surface area contributed by atoms with Crippen molar-refractivity contribution < 1.29 is 92.2 Å². The first-order valence-electron chi connectivity index (χ1n) is 33.3. The zero-order chi connectivity index (χ0) is 75.0. The fraction of sp³-hybridized carbons (Fsp3) is 0.692. The molecule has 2 aliphatic rings. The van der Waals surface area contributed by atoms with Crippen molar-refractivity contribution in [2.45, 2.75) is 244 Å². The van der Waals surface area contributed by atoms with E-state index in [1.54, 1.807) is 48.5 Å². The van der Waals surface area contributed by atoms with E-state index in [-0.39, 0.29) is 57.1 Å². The van der Waals surface area contributed by atoms with Gasteiger partial charge in [0.15, 0.2) is 24.2 Å². The number of ether oxygens (including phenoxy) is 2. The number of benzene rings is 1. The Labute approximate surface area is 576 Å². The van der Waals surface area contributed by atoms with Gasteiger partial charge in [0.1, 0.15) is 59.5 Å². The second kappa shape index (κ2) is 38.6. The zero-order valence-electron chi connectivity index (χ0n) is 58.9. The van der Waals surface area contributed by atoms with Crippen LogP contribution in [0.1, 0.15) is 166 Å². The van der Waals surface area contributed by atoms with Crippen LogP contribution in [0.2, 0.25) is 0 Å². The van der Waals surface area contributed by atoms with Crippen LogP contribution in [0.15, 0.2) is 30.3 Å². The van der Waals surface area contributed by atoms with Gasteiger partial charge in [-0.1, -0.05) is 118 Å². The van der Waals surface area contributed by atoms with Crippen molar-refractivity contribution in [2.24, 2.45) is 34.6 Å². The summed E-state index contributed by atoms with van der Waals surface area (Å²) in [6.45, 7) is 18.5. The van der Waals surface area contributed by atoms with Gasteiger partial charge in [0.05, 0.1) is 25.4 Å². The summed E-state index contributed by atoms with van der Waals surface area (Å²) in [4.78, 5) is 187. The Morgan fingerprint density at radius 1 is 0.707 bits per heavy atom. The summed E-state index contributed by atoms with van der Waals surface area (Å²) >= 11 is 0. The van der Waals surface area contributed by atoms with Crippen molar-refractivity contribution >= 4 is 83.0 Å². The molecular weight excluding hydrogens is 1290 g/mol. The van der Waals surface area contributed by atoms with Crippen LogP contribution < -0.4 is 75.3 Å². The van der Waals surface area contributed by atoms with E-state index >= 15 is 14.4 Å². The monoisotopic (exact) mass is 1400 g/mol. The number of esters is 1. The summed E-state index contributed by atoms with van der Waals surface area (Å²) in [7, 11) is 0. The maximum absolute atomic E-state index is 15.7. The summed E-state index contributed by atoms with van der Waals surface area (Å²) in [5, 5.41) is 81.8. The molecular formula is C65H107N15O19. The number of primary amides is 1. The molecule has 21 N–H and O–H groups in total. The molecule has 12 amide bonds. The van der Waals surface area contributed by atoms with Crippen LogP contribution in [0.4, 0.5) is 4.79 Å². The molecule has 1 saturated heterocycles. The Balaban J connectivity index is 2.46. The molecule has 3 rings (SSSR count). The van der Waals surface area contributed by atoms with Crippen LogP contribution in [0.3, 0.4) is 0 Å². The molecule has 14 atom stereocenters. The summed E-state index contributed by atoms with van der Waals surface area (Å²) in [5.74, 6) is -17.3. The highest BCUT2D eigenvalue weighted by atomic mass is 16.6. The summed E-state index contributed by atoms with van der Waals surface area (Å²) in [6, 6.07) is -9.77. The number of amides is 12. The molecule has 0 aromatic heterocycles. The van der Waals surface area contributed by atoms with Crippen LogP contribution >= 0.6 is 0 Å². The fourth-order valence-corrected chi connectivity index (χ4v) is 10.9. The van der Waals surface area contributed by atoms with Gasteiger partial charge in [0.2, 0.25) is 65.0 Å². The quantitative estimate of drug-likeness (QED) is 0.0253. The van der Waals surface area contributed by atoms with Crippen molar-refractivity contribution in [1.29, 1.82) is 5.41 Å². The third-order valence-electron chi connectivity index (χ3n) is 16.4. The zero-order valence-corrected chi connectivity index (χ0v) is 58.9. The lowest BCUT2D eigenvalue weighted by molar-refractivity contribution is -0.159. The number of aliphatic hydroxyl groups is 4. The first-order valence-corrected chi connectivity index (χ1v) is 33.3. The number of cyclic esters (lactones) is 1. The molecule has 34 heteroatoms. The maximum Gasteiger partial charge on any atom is 0.408 e. The van der Waals surface area contributed by atoms with E-state index in [9.17, 15) is 68.4 Å². The van der Waals surface area contributed by atoms with E-state index in [0.717, 1.165) is 6.92 Å². The van der Waals surface area contributed by atoms with E-state index in [0.29, 0.717) is 19.3 Å². The molecule has 2 fully saturated rings. The van der Waals surface area contributed by atoms with Gasteiger partial charge in [-0.3, -0.25) is 58.1 Å². The predicted octanol–water partition coefficient (Wildman–Crippen LogP) is -2.98. The number of rotatable bonds is 21. The molecule has 1 saturated carbocycles. The van der Waals surface area contributed by atoms with Crippen LogP contribution in [-0.4, -0.2) is 207 Å². The molecule has 99 heavy (non-hydrogen) atoms. The molecule has 1 aromatic rings. The molecule has 0 bridgehead atoms. The minimum Gasteiger partial charge on any atom is -0.453 e. The van der Waals surface area contributed by atoms with Gasteiger partial charge >= 0.3 is 12.1 Å². The second-order valence-corrected chi connectivity index (χ2v) is 28.2. The molecule has 0 spiro atoms. The average Bonchev–Trinajstić information content (AvgIpc) is 0.795. The number of carbonyl (C=O) groups excluding carboxylic acids is 13. The third-order valence-corrected chi connectivity index (χ3v) is 16.4. The van der Waals surface area contributed by atoms with Gasteiger partial charge in [0, 0.05) is 6.54 Å². The summed E-state index contributed by atoms with van der Waals surface area (Å²) in [5.41, 5.74) is 7.26. The molecule has 2 unspecified atom stereocenters. The predicted molar refractivity (Wildman–Crippen MR) is 358 cm³/mol. The lowest BCUT2D eigenvalue weighted by Crippen LogP contribution is -2.67. The maximum atomic E-state index is 15.7. The summed E-state index contributed by atoms with van der Waals surface area (Å²) in [6.07, 6.45) is -8.23. The van der Waals surface area contributed by atoms with Gasteiger partial charge in [-0.25, -0.2) is 9.59 Å². The number of hydrogen-bond acceptors (Lipinski definition) is 20. The highest BCUT2D eigenvalue weighted by Gasteiger charge is 2.48. The van der Waals surface area contributed by atoms with Crippen LogP contribution in [-0.2, 0) is 67.0 Å². The lowest BCUT2D eigenvalue weighted by Gasteiger charge is -2.40. The van der Waals surface area contributed by atoms with Gasteiger partial charge in [-0.2, -0.15) is 0 Å². The van der Waals surface area contributed by atoms with Gasteiger partial charge in [-0.05, 0) is 95.0 Å². The van der Waals surface area contributed by atoms with Crippen molar-refractivity contribution in [1.82, 2.24) is 63.8 Å². The Morgan fingerprint density at radius 3 is 1.80 bits per heavy atom. The van der Waals surface area contributed by atoms with E-state index in [1.165, 1.54) is 44.2 Å². The minimum atomic E-state index is -2.60. The van der Waals surface area contributed by atoms with Crippen molar-refractivity contribution in [3.63, 3.8) is 0 Å². The van der Waals surface area contributed by atoms with Gasteiger partial charge in [0.25, 0.3) is 0 Å². The number of nitrogens with two attached hydrogens (primary N) is 2. The largest absolute Gasteiger partial charge is 0.453 e. The lowest BCUT2D eigenvalue weighted by atomic mass is 9.79. The molecule has 556 valence electrons. The minimum absolute atomic E-state index is 0.00231. The van der Waals surface area contributed by atoms with Gasteiger partial charge < -0.3 is 105 Å². The Morgan fingerprint density at radius 2 is 1.26 bits per heavy atom. The third kappa shape index (κ3) is 27.1. The van der Waals surface area contributed by atoms with E-state index in [4.69, 9.17) is 26.4 Å². The summed E-state index contributed by atoms with van der Waals surface area (Å²) < 4.78 is 11.5. The first-order chi connectivity index (χ1) is 46.0.